The van der Waals surface area contributed by atoms with Gasteiger partial charge in [0.25, 0.3) is 0 Å². The highest BCUT2D eigenvalue weighted by Crippen LogP contribution is 2.02. The van der Waals surface area contributed by atoms with Crippen molar-refractivity contribution in [2.45, 2.75) is 12.8 Å². The van der Waals surface area contributed by atoms with Crippen LogP contribution in [0.15, 0.2) is 66.8 Å². The molecule has 94 valence electrons. The van der Waals surface area contributed by atoms with Crippen LogP contribution in [0.5, 0.6) is 0 Å². The van der Waals surface area contributed by atoms with Gasteiger partial charge in [0.05, 0.1) is 7.11 Å². The molecule has 1 aromatic carbocycles. The molecule has 1 aromatic rings. The first-order chi connectivity index (χ1) is 8.83. The largest absolute Gasteiger partial charge is 0.466 e. The highest BCUT2D eigenvalue weighted by atomic mass is 16.5. The zero-order valence-electron chi connectivity index (χ0n) is 10.6. The summed E-state index contributed by atoms with van der Waals surface area (Å²) in [5, 5.41) is 0. The van der Waals surface area contributed by atoms with Gasteiger partial charge in [-0.3, -0.25) is 0 Å². The Balaban J connectivity index is 2.20. The molecule has 0 radical (unpaired) electrons. The molecule has 0 aliphatic rings. The number of allylic oxidation sites excluding steroid dienone is 5. The van der Waals surface area contributed by atoms with Crippen LogP contribution in [-0.4, -0.2) is 13.1 Å². The van der Waals surface area contributed by atoms with Crippen LogP contribution in [0.2, 0.25) is 0 Å². The summed E-state index contributed by atoms with van der Waals surface area (Å²) < 4.78 is 4.47. The van der Waals surface area contributed by atoms with Crippen molar-refractivity contribution in [1.29, 1.82) is 0 Å². The van der Waals surface area contributed by atoms with Crippen molar-refractivity contribution < 1.29 is 9.53 Å². The van der Waals surface area contributed by atoms with Gasteiger partial charge in [-0.05, 0) is 18.4 Å². The summed E-state index contributed by atoms with van der Waals surface area (Å²) in [6, 6.07) is 10.4. The molecule has 0 saturated heterocycles. The van der Waals surface area contributed by atoms with Crippen molar-refractivity contribution in [3.05, 3.63) is 72.4 Å². The van der Waals surface area contributed by atoms with Crippen LogP contribution in [0.3, 0.4) is 0 Å². The Hall–Kier alpha value is -2.09. The van der Waals surface area contributed by atoms with Crippen LogP contribution < -0.4 is 0 Å². The molecule has 0 fully saturated rings. The van der Waals surface area contributed by atoms with Crippen molar-refractivity contribution in [3.8, 4) is 0 Å². The van der Waals surface area contributed by atoms with Crippen LogP contribution in [0.1, 0.15) is 12.0 Å². The molecule has 18 heavy (non-hydrogen) atoms. The maximum atomic E-state index is 10.7. The fraction of sp³-hybridized carbons (Fsp3) is 0.188. The van der Waals surface area contributed by atoms with Crippen LogP contribution in [0.25, 0.3) is 0 Å². The Morgan fingerprint density at radius 1 is 1.11 bits per heavy atom. The predicted molar refractivity (Wildman–Crippen MR) is 74.2 cm³/mol. The van der Waals surface area contributed by atoms with Gasteiger partial charge in [0.2, 0.25) is 0 Å². The second-order valence-corrected chi connectivity index (χ2v) is 3.72. The molecule has 0 bridgehead atoms. The van der Waals surface area contributed by atoms with E-state index in [4.69, 9.17) is 0 Å². The minimum Gasteiger partial charge on any atom is -0.466 e. The Morgan fingerprint density at radius 3 is 2.56 bits per heavy atom. The molecule has 0 atom stereocenters. The summed E-state index contributed by atoms with van der Waals surface area (Å²) in [6.45, 7) is 0. The highest BCUT2D eigenvalue weighted by Gasteiger charge is 1.87. The van der Waals surface area contributed by atoms with E-state index >= 15 is 0 Å². The predicted octanol–water partition coefficient (Wildman–Crippen LogP) is 3.46. The summed E-state index contributed by atoms with van der Waals surface area (Å²) in [4.78, 5) is 10.7. The van der Waals surface area contributed by atoms with Crippen LogP contribution in [0, 0.1) is 0 Å². The minimum absolute atomic E-state index is 0.340. The summed E-state index contributed by atoms with van der Waals surface area (Å²) in [5.74, 6) is -0.340. The number of ether oxygens (including phenoxy) is 1. The van der Waals surface area contributed by atoms with E-state index in [0.29, 0.717) is 0 Å². The van der Waals surface area contributed by atoms with E-state index in [2.05, 4.69) is 35.1 Å². The molecule has 0 unspecified atom stereocenters. The molecule has 0 saturated carbocycles. The maximum absolute atomic E-state index is 10.7. The molecular formula is C16H18O2. The van der Waals surface area contributed by atoms with Gasteiger partial charge in [-0.25, -0.2) is 4.79 Å². The summed E-state index contributed by atoms with van der Waals surface area (Å²) in [5.41, 5.74) is 1.34. The van der Waals surface area contributed by atoms with Crippen molar-refractivity contribution in [2.75, 3.05) is 7.11 Å². The smallest absolute Gasteiger partial charge is 0.330 e. The first kappa shape index (κ1) is 14.0. The van der Waals surface area contributed by atoms with E-state index in [0.717, 1.165) is 12.8 Å². The molecule has 2 heteroatoms. The molecule has 2 nitrogen and oxygen atoms in total. The third kappa shape index (κ3) is 6.48. The van der Waals surface area contributed by atoms with E-state index in [9.17, 15) is 4.79 Å². The van der Waals surface area contributed by atoms with Gasteiger partial charge in [0.1, 0.15) is 0 Å². The summed E-state index contributed by atoms with van der Waals surface area (Å²) in [7, 11) is 1.36. The molecular weight excluding hydrogens is 224 g/mol. The van der Waals surface area contributed by atoms with Crippen molar-refractivity contribution in [1.82, 2.24) is 0 Å². The summed E-state index contributed by atoms with van der Waals surface area (Å²) >= 11 is 0. The molecule has 0 amide bonds. The van der Waals surface area contributed by atoms with Gasteiger partial charge in [-0.2, -0.15) is 0 Å². The first-order valence-electron chi connectivity index (χ1n) is 5.94. The molecule has 0 aliphatic heterocycles. The summed E-state index contributed by atoms with van der Waals surface area (Å²) in [6.07, 6.45) is 12.9. The Kier molecular flexibility index (Phi) is 6.98. The zero-order valence-corrected chi connectivity index (χ0v) is 10.6. The van der Waals surface area contributed by atoms with E-state index < -0.39 is 0 Å². The van der Waals surface area contributed by atoms with Crippen LogP contribution >= 0.6 is 0 Å². The second-order valence-electron chi connectivity index (χ2n) is 3.72. The fourth-order valence-electron chi connectivity index (χ4n) is 1.40. The van der Waals surface area contributed by atoms with Gasteiger partial charge in [0.15, 0.2) is 0 Å². The van der Waals surface area contributed by atoms with Crippen LogP contribution in [0.4, 0.5) is 0 Å². The highest BCUT2D eigenvalue weighted by molar-refractivity contribution is 5.82. The molecule has 0 heterocycles. The third-order valence-corrected chi connectivity index (χ3v) is 2.35. The van der Waals surface area contributed by atoms with Gasteiger partial charge in [-0.15, -0.1) is 0 Å². The van der Waals surface area contributed by atoms with Crippen LogP contribution in [-0.2, 0) is 16.0 Å². The Labute approximate surface area is 108 Å². The molecule has 1 rings (SSSR count). The van der Waals surface area contributed by atoms with Gasteiger partial charge in [-0.1, -0.05) is 60.7 Å². The lowest BCUT2D eigenvalue weighted by Gasteiger charge is -1.95. The number of hydrogen-bond donors (Lipinski definition) is 0. The van der Waals surface area contributed by atoms with E-state index in [1.807, 2.05) is 18.2 Å². The normalized spacial score (nSPS) is 11.6. The average molecular weight is 242 g/mol. The van der Waals surface area contributed by atoms with Gasteiger partial charge >= 0.3 is 5.97 Å². The van der Waals surface area contributed by atoms with Crippen molar-refractivity contribution in [3.63, 3.8) is 0 Å². The Bertz CT molecular complexity index is 428. The SMILES string of the molecule is COC(=O)/C=C/C=C/C=C/CCc1ccccc1. The first-order valence-corrected chi connectivity index (χ1v) is 5.94. The number of rotatable bonds is 6. The Morgan fingerprint density at radius 2 is 1.83 bits per heavy atom. The van der Waals surface area contributed by atoms with E-state index in [1.165, 1.54) is 18.7 Å². The third-order valence-electron chi connectivity index (χ3n) is 2.35. The lowest BCUT2D eigenvalue weighted by molar-refractivity contribution is -0.134. The topological polar surface area (TPSA) is 26.3 Å². The second kappa shape index (κ2) is 8.99. The van der Waals surface area contributed by atoms with Gasteiger partial charge in [0, 0.05) is 6.08 Å². The standard InChI is InChI=1S/C16H18O2/c1-18-16(17)14-10-5-3-2-4-7-11-15-12-8-6-9-13-15/h2-6,8-10,12-14H,7,11H2,1H3/b4-2+,5-3+,14-10+. The fourth-order valence-corrected chi connectivity index (χ4v) is 1.40. The number of aryl methyl sites for hydroxylation is 1. The van der Waals surface area contributed by atoms with Crippen molar-refractivity contribution in [2.24, 2.45) is 0 Å². The van der Waals surface area contributed by atoms with E-state index in [1.54, 1.807) is 12.2 Å². The lowest BCUT2D eigenvalue weighted by Crippen LogP contribution is -1.92. The number of hydrogen-bond acceptors (Lipinski definition) is 2. The number of esters is 1. The number of methoxy groups -OCH3 is 1. The molecule has 0 N–H and O–H groups in total. The number of carbonyl (C=O) groups excluding carboxylic acids is 1. The molecule has 0 aromatic heterocycles. The number of carbonyl (C=O) groups is 1. The maximum Gasteiger partial charge on any atom is 0.330 e. The van der Waals surface area contributed by atoms with Crippen molar-refractivity contribution >= 4 is 5.97 Å². The van der Waals surface area contributed by atoms with Gasteiger partial charge < -0.3 is 4.74 Å². The monoisotopic (exact) mass is 242 g/mol. The van der Waals surface area contributed by atoms with E-state index in [-0.39, 0.29) is 5.97 Å². The average Bonchev–Trinajstić information content (AvgIpc) is 2.42. The number of benzene rings is 1. The lowest BCUT2D eigenvalue weighted by atomic mass is 10.1. The molecule has 0 spiro atoms. The molecule has 0 aliphatic carbocycles. The zero-order chi connectivity index (χ0) is 13.1. The minimum atomic E-state index is -0.340. The quantitative estimate of drug-likeness (QED) is 0.434.